The Labute approximate surface area is 145 Å². The van der Waals surface area contributed by atoms with Crippen LogP contribution in [0.3, 0.4) is 0 Å². The monoisotopic (exact) mass is 330 g/mol. The summed E-state index contributed by atoms with van der Waals surface area (Å²) in [7, 11) is 0. The Morgan fingerprint density at radius 3 is 2.83 bits per heavy atom. The third-order valence-corrected chi connectivity index (χ3v) is 5.39. The van der Waals surface area contributed by atoms with Gasteiger partial charge in [0.05, 0.1) is 12.7 Å². The number of nitrogens with one attached hydrogen (secondary N) is 1. The van der Waals surface area contributed by atoms with E-state index in [1.165, 1.54) is 31.2 Å². The second-order valence-electron chi connectivity index (χ2n) is 7.29. The van der Waals surface area contributed by atoms with Crippen LogP contribution in [0.5, 0.6) is 0 Å². The molecule has 0 unspecified atom stereocenters. The number of morpholine rings is 1. The molecule has 2 aliphatic rings. The van der Waals surface area contributed by atoms with Gasteiger partial charge in [-0.05, 0) is 44.7 Å². The Balaban J connectivity index is 1.44. The molecule has 1 aromatic carbocycles. The summed E-state index contributed by atoms with van der Waals surface area (Å²) < 4.78 is 5.90. The van der Waals surface area contributed by atoms with Gasteiger partial charge >= 0.3 is 0 Å². The summed E-state index contributed by atoms with van der Waals surface area (Å²) in [5, 5.41) is 3.05. The molecular formula is C20H30N2O2. The van der Waals surface area contributed by atoms with E-state index in [1.54, 1.807) is 0 Å². The largest absolute Gasteiger partial charge is 0.375 e. The van der Waals surface area contributed by atoms with Gasteiger partial charge in [0.25, 0.3) is 5.91 Å². The molecule has 1 N–H and O–H groups in total. The molecule has 1 saturated carbocycles. The van der Waals surface area contributed by atoms with Gasteiger partial charge in [-0.3, -0.25) is 9.69 Å². The number of hydrogen-bond acceptors (Lipinski definition) is 3. The summed E-state index contributed by atoms with van der Waals surface area (Å²) in [5.41, 5.74) is 3.00. The minimum atomic E-state index is 0.0240. The van der Waals surface area contributed by atoms with Gasteiger partial charge in [-0.15, -0.1) is 0 Å². The van der Waals surface area contributed by atoms with Gasteiger partial charge in [-0.2, -0.15) is 0 Å². The number of aryl methyl sites for hydroxylation is 2. The molecular weight excluding hydrogens is 300 g/mol. The van der Waals surface area contributed by atoms with Crippen molar-refractivity contribution in [2.24, 2.45) is 0 Å². The molecule has 1 atom stereocenters. The summed E-state index contributed by atoms with van der Waals surface area (Å²) in [6.07, 6.45) is 6.57. The Morgan fingerprint density at radius 2 is 2.08 bits per heavy atom. The lowest BCUT2D eigenvalue weighted by molar-refractivity contribution is -0.0449. The highest BCUT2D eigenvalue weighted by molar-refractivity contribution is 5.95. The van der Waals surface area contributed by atoms with E-state index in [0.717, 1.165) is 43.3 Å². The summed E-state index contributed by atoms with van der Waals surface area (Å²) in [5.74, 6) is 0.0240. The van der Waals surface area contributed by atoms with Crippen LogP contribution in [0.4, 0.5) is 0 Å². The van der Waals surface area contributed by atoms with E-state index < -0.39 is 0 Å². The van der Waals surface area contributed by atoms with Crippen LogP contribution >= 0.6 is 0 Å². The van der Waals surface area contributed by atoms with Crippen molar-refractivity contribution in [2.75, 3.05) is 26.2 Å². The molecule has 0 spiro atoms. The van der Waals surface area contributed by atoms with Crippen LogP contribution in [0, 0.1) is 13.8 Å². The van der Waals surface area contributed by atoms with Crippen molar-refractivity contribution in [3.05, 3.63) is 34.9 Å². The lowest BCUT2D eigenvalue weighted by Crippen LogP contribution is -2.47. The van der Waals surface area contributed by atoms with Crippen LogP contribution in [0.15, 0.2) is 18.2 Å². The highest BCUT2D eigenvalue weighted by atomic mass is 16.5. The van der Waals surface area contributed by atoms with Crippen molar-refractivity contribution >= 4 is 5.91 Å². The van der Waals surface area contributed by atoms with Gasteiger partial charge in [0.1, 0.15) is 0 Å². The summed E-state index contributed by atoms with van der Waals surface area (Å²) >= 11 is 0. The van der Waals surface area contributed by atoms with E-state index in [2.05, 4.69) is 16.3 Å². The fourth-order valence-electron chi connectivity index (χ4n) is 4.03. The standard InChI is InChI=1S/C20H30N2O2/c1-15-7-8-19(16(2)13-15)20(23)21-10-9-18-14-22(11-12-24-18)17-5-3-4-6-17/h7-8,13,17-18H,3-6,9-12,14H2,1-2H3,(H,21,23)/t18-/m1/s1. The highest BCUT2D eigenvalue weighted by Gasteiger charge is 2.28. The number of nitrogens with zero attached hydrogens (tertiary/aromatic N) is 1. The lowest BCUT2D eigenvalue weighted by atomic mass is 10.1. The molecule has 3 rings (SSSR count). The van der Waals surface area contributed by atoms with Gasteiger partial charge in [0, 0.05) is 31.2 Å². The maximum Gasteiger partial charge on any atom is 0.251 e. The van der Waals surface area contributed by atoms with Gasteiger partial charge in [0.2, 0.25) is 0 Å². The molecule has 1 aliphatic heterocycles. The van der Waals surface area contributed by atoms with Crippen LogP contribution < -0.4 is 5.32 Å². The van der Waals surface area contributed by atoms with Gasteiger partial charge in [-0.1, -0.05) is 30.5 Å². The van der Waals surface area contributed by atoms with E-state index >= 15 is 0 Å². The molecule has 0 bridgehead atoms. The number of rotatable bonds is 5. The van der Waals surface area contributed by atoms with Gasteiger partial charge in [-0.25, -0.2) is 0 Å². The maximum atomic E-state index is 12.3. The predicted molar refractivity (Wildman–Crippen MR) is 96.4 cm³/mol. The minimum Gasteiger partial charge on any atom is -0.375 e. The van der Waals surface area contributed by atoms with Crippen molar-refractivity contribution in [3.63, 3.8) is 0 Å². The Kier molecular flexibility index (Phi) is 5.90. The first-order valence-corrected chi connectivity index (χ1v) is 9.34. The molecule has 2 fully saturated rings. The van der Waals surface area contributed by atoms with Crippen molar-refractivity contribution < 1.29 is 9.53 Å². The van der Waals surface area contributed by atoms with E-state index in [9.17, 15) is 4.79 Å². The minimum absolute atomic E-state index is 0.0240. The fourth-order valence-corrected chi connectivity index (χ4v) is 4.03. The molecule has 24 heavy (non-hydrogen) atoms. The topological polar surface area (TPSA) is 41.6 Å². The first kappa shape index (κ1) is 17.4. The number of ether oxygens (including phenoxy) is 1. The van der Waals surface area contributed by atoms with E-state index in [1.807, 2.05) is 26.0 Å². The smallest absolute Gasteiger partial charge is 0.251 e. The molecule has 4 heteroatoms. The molecule has 4 nitrogen and oxygen atoms in total. The number of benzene rings is 1. The molecule has 132 valence electrons. The second kappa shape index (κ2) is 8.13. The van der Waals surface area contributed by atoms with Crippen LogP contribution in [-0.4, -0.2) is 49.2 Å². The Hall–Kier alpha value is -1.39. The normalized spacial score (nSPS) is 22.7. The van der Waals surface area contributed by atoms with Crippen molar-refractivity contribution in [3.8, 4) is 0 Å². The summed E-state index contributed by atoms with van der Waals surface area (Å²) in [4.78, 5) is 14.9. The van der Waals surface area contributed by atoms with Crippen LogP contribution in [0.2, 0.25) is 0 Å². The van der Waals surface area contributed by atoms with Crippen molar-refractivity contribution in [1.29, 1.82) is 0 Å². The van der Waals surface area contributed by atoms with Crippen LogP contribution in [0.1, 0.15) is 53.6 Å². The molecule has 1 aromatic rings. The van der Waals surface area contributed by atoms with Crippen molar-refractivity contribution in [2.45, 2.75) is 58.1 Å². The predicted octanol–water partition coefficient (Wildman–Crippen LogP) is 3.07. The molecule has 1 heterocycles. The zero-order valence-electron chi connectivity index (χ0n) is 15.0. The number of carbonyl (C=O) groups is 1. The number of carbonyl (C=O) groups excluding carboxylic acids is 1. The highest BCUT2D eigenvalue weighted by Crippen LogP contribution is 2.25. The third kappa shape index (κ3) is 4.37. The number of amides is 1. The molecule has 1 aliphatic carbocycles. The number of hydrogen-bond donors (Lipinski definition) is 1. The average molecular weight is 330 g/mol. The zero-order chi connectivity index (χ0) is 16.9. The van der Waals surface area contributed by atoms with Crippen molar-refractivity contribution in [1.82, 2.24) is 10.2 Å². The maximum absolute atomic E-state index is 12.3. The average Bonchev–Trinajstić information content (AvgIpc) is 3.09. The molecule has 1 amide bonds. The zero-order valence-corrected chi connectivity index (χ0v) is 15.0. The molecule has 0 radical (unpaired) electrons. The van der Waals surface area contributed by atoms with E-state index in [4.69, 9.17) is 4.74 Å². The second-order valence-corrected chi connectivity index (χ2v) is 7.29. The quantitative estimate of drug-likeness (QED) is 0.902. The van der Waals surface area contributed by atoms with E-state index in [-0.39, 0.29) is 12.0 Å². The van der Waals surface area contributed by atoms with E-state index in [0.29, 0.717) is 6.54 Å². The molecule has 0 aromatic heterocycles. The van der Waals surface area contributed by atoms with Crippen LogP contribution in [0.25, 0.3) is 0 Å². The summed E-state index contributed by atoms with van der Waals surface area (Å²) in [6, 6.07) is 6.73. The Bertz CT molecular complexity index is 567. The van der Waals surface area contributed by atoms with Crippen LogP contribution in [-0.2, 0) is 4.74 Å². The molecule has 1 saturated heterocycles. The lowest BCUT2D eigenvalue weighted by Gasteiger charge is -2.36. The third-order valence-electron chi connectivity index (χ3n) is 5.39. The first-order chi connectivity index (χ1) is 11.6. The SMILES string of the molecule is Cc1ccc(C(=O)NCC[C@@H]2CN(C3CCCC3)CCO2)c(C)c1. The summed E-state index contributed by atoms with van der Waals surface area (Å²) in [6.45, 7) is 7.62. The van der Waals surface area contributed by atoms with Gasteiger partial charge < -0.3 is 10.1 Å². The fraction of sp³-hybridized carbons (Fsp3) is 0.650. The first-order valence-electron chi connectivity index (χ1n) is 9.34. The van der Waals surface area contributed by atoms with Gasteiger partial charge in [0.15, 0.2) is 0 Å². The Morgan fingerprint density at radius 1 is 1.29 bits per heavy atom.